The van der Waals surface area contributed by atoms with Crippen molar-refractivity contribution in [1.29, 1.82) is 0 Å². The van der Waals surface area contributed by atoms with Gasteiger partial charge in [-0.1, -0.05) is 12.2 Å². The molecule has 2 heterocycles. The van der Waals surface area contributed by atoms with E-state index in [2.05, 4.69) is 21.0 Å². The second kappa shape index (κ2) is 4.62. The summed E-state index contributed by atoms with van der Waals surface area (Å²) >= 11 is 8.56. The molecule has 0 saturated carbocycles. The highest BCUT2D eigenvalue weighted by atomic mass is 79.9. The number of aryl methyl sites for hydroxylation is 2. The summed E-state index contributed by atoms with van der Waals surface area (Å²) in [6.45, 7) is 2.66. The smallest absolute Gasteiger partial charge is 0.120 e. The number of nitrogens with zero attached hydrogens (tertiary/aromatic N) is 3. The van der Waals surface area contributed by atoms with Gasteiger partial charge in [-0.05, 0) is 35.0 Å². The van der Waals surface area contributed by atoms with Gasteiger partial charge in [-0.15, -0.1) is 0 Å². The van der Waals surface area contributed by atoms with Gasteiger partial charge in [-0.25, -0.2) is 0 Å². The molecule has 0 saturated heterocycles. The fraction of sp³-hybridized carbons (Fsp3) is 0.273. The predicted octanol–water partition coefficient (Wildman–Crippen LogP) is 1.98. The van der Waals surface area contributed by atoms with Gasteiger partial charge in [0, 0.05) is 13.2 Å². The van der Waals surface area contributed by atoms with Crippen molar-refractivity contribution in [1.82, 2.24) is 14.3 Å². The Kier molecular flexibility index (Phi) is 3.35. The van der Waals surface area contributed by atoms with Crippen LogP contribution < -0.4 is 5.73 Å². The standard InChI is InChI=1S/C11H13BrN4S/c1-7-10(12)9(15(2)14-7)6-16-5-3-4-8(16)11(13)17/h3-5H,6H2,1-2H3,(H2,13,17). The second-order valence-electron chi connectivity index (χ2n) is 3.86. The van der Waals surface area contributed by atoms with E-state index >= 15 is 0 Å². The van der Waals surface area contributed by atoms with Gasteiger partial charge < -0.3 is 10.3 Å². The maximum atomic E-state index is 5.67. The molecule has 2 N–H and O–H groups in total. The summed E-state index contributed by atoms with van der Waals surface area (Å²) in [5.74, 6) is 0. The third-order valence-corrected chi connectivity index (χ3v) is 3.90. The number of aromatic nitrogens is 3. The van der Waals surface area contributed by atoms with Crippen molar-refractivity contribution in [2.45, 2.75) is 13.5 Å². The van der Waals surface area contributed by atoms with E-state index in [1.54, 1.807) is 0 Å². The van der Waals surface area contributed by atoms with E-state index in [1.807, 2.05) is 41.5 Å². The number of nitrogens with two attached hydrogens (primary N) is 1. The molecule has 2 rings (SSSR count). The van der Waals surface area contributed by atoms with Crippen molar-refractivity contribution in [2.24, 2.45) is 12.8 Å². The lowest BCUT2D eigenvalue weighted by atomic mass is 10.3. The zero-order valence-electron chi connectivity index (χ0n) is 9.64. The first kappa shape index (κ1) is 12.3. The minimum atomic E-state index is 0.407. The lowest BCUT2D eigenvalue weighted by molar-refractivity contribution is 0.662. The van der Waals surface area contributed by atoms with E-state index in [1.165, 1.54) is 0 Å². The first-order valence-corrected chi connectivity index (χ1v) is 6.33. The summed E-state index contributed by atoms with van der Waals surface area (Å²) in [5, 5.41) is 4.36. The minimum absolute atomic E-state index is 0.407. The van der Waals surface area contributed by atoms with Gasteiger partial charge in [0.1, 0.15) is 4.99 Å². The highest BCUT2D eigenvalue weighted by molar-refractivity contribution is 9.10. The van der Waals surface area contributed by atoms with Gasteiger partial charge in [-0.2, -0.15) is 5.10 Å². The normalized spacial score (nSPS) is 10.8. The molecule has 0 fully saturated rings. The maximum absolute atomic E-state index is 5.67. The molecular weight excluding hydrogens is 300 g/mol. The van der Waals surface area contributed by atoms with Gasteiger partial charge >= 0.3 is 0 Å². The van der Waals surface area contributed by atoms with E-state index in [4.69, 9.17) is 18.0 Å². The fourth-order valence-corrected chi connectivity index (χ4v) is 2.44. The summed E-state index contributed by atoms with van der Waals surface area (Å²) in [7, 11) is 1.93. The van der Waals surface area contributed by atoms with Crippen LogP contribution in [0, 0.1) is 6.92 Å². The number of hydrogen-bond donors (Lipinski definition) is 1. The highest BCUT2D eigenvalue weighted by Crippen LogP contribution is 2.21. The van der Waals surface area contributed by atoms with Crippen molar-refractivity contribution in [3.63, 3.8) is 0 Å². The Labute approximate surface area is 114 Å². The molecule has 0 spiro atoms. The molecule has 0 radical (unpaired) electrons. The Balaban J connectivity index is 2.38. The number of thiocarbonyl (C=S) groups is 1. The van der Waals surface area contributed by atoms with Crippen molar-refractivity contribution in [3.05, 3.63) is 39.9 Å². The number of rotatable bonds is 3. The third-order valence-electron chi connectivity index (χ3n) is 2.66. The third kappa shape index (κ3) is 2.28. The molecule has 0 aliphatic carbocycles. The van der Waals surface area contributed by atoms with E-state index in [0.29, 0.717) is 11.5 Å². The number of hydrogen-bond acceptors (Lipinski definition) is 2. The Morgan fingerprint density at radius 1 is 1.59 bits per heavy atom. The molecule has 90 valence electrons. The van der Waals surface area contributed by atoms with E-state index in [9.17, 15) is 0 Å². The second-order valence-corrected chi connectivity index (χ2v) is 5.09. The minimum Gasteiger partial charge on any atom is -0.388 e. The molecule has 0 aliphatic rings. The van der Waals surface area contributed by atoms with Crippen LogP contribution in [0.25, 0.3) is 0 Å². The summed E-state index contributed by atoms with van der Waals surface area (Å²) < 4.78 is 4.91. The molecule has 0 aliphatic heterocycles. The summed E-state index contributed by atoms with van der Waals surface area (Å²) in [6, 6.07) is 3.85. The average Bonchev–Trinajstić information content (AvgIpc) is 2.80. The van der Waals surface area contributed by atoms with Crippen LogP contribution in [-0.2, 0) is 13.6 Å². The molecule has 0 amide bonds. The van der Waals surface area contributed by atoms with Gasteiger partial charge in [0.25, 0.3) is 0 Å². The first-order valence-electron chi connectivity index (χ1n) is 5.13. The Hall–Kier alpha value is -1.14. The largest absolute Gasteiger partial charge is 0.388 e. The zero-order chi connectivity index (χ0) is 12.6. The monoisotopic (exact) mass is 312 g/mol. The first-order chi connectivity index (χ1) is 8.00. The van der Waals surface area contributed by atoms with Crippen molar-refractivity contribution < 1.29 is 0 Å². The lowest BCUT2D eigenvalue weighted by Gasteiger charge is -2.09. The number of halogens is 1. The van der Waals surface area contributed by atoms with Crippen LogP contribution in [0.15, 0.2) is 22.8 Å². The topological polar surface area (TPSA) is 48.8 Å². The van der Waals surface area contributed by atoms with Gasteiger partial charge in [0.15, 0.2) is 0 Å². The molecular formula is C11H13BrN4S. The molecule has 0 bridgehead atoms. The van der Waals surface area contributed by atoms with Crippen LogP contribution in [-0.4, -0.2) is 19.3 Å². The van der Waals surface area contributed by atoms with Gasteiger partial charge in [0.05, 0.1) is 28.1 Å². The molecule has 6 heteroatoms. The van der Waals surface area contributed by atoms with Gasteiger partial charge in [0.2, 0.25) is 0 Å². The molecule has 2 aromatic heterocycles. The molecule has 4 nitrogen and oxygen atoms in total. The van der Waals surface area contributed by atoms with Crippen LogP contribution in [0.4, 0.5) is 0 Å². The Morgan fingerprint density at radius 2 is 2.29 bits per heavy atom. The zero-order valence-corrected chi connectivity index (χ0v) is 12.0. The maximum Gasteiger partial charge on any atom is 0.120 e. The molecule has 17 heavy (non-hydrogen) atoms. The van der Waals surface area contributed by atoms with E-state index in [-0.39, 0.29) is 0 Å². The fourth-order valence-electron chi connectivity index (χ4n) is 1.79. The molecule has 2 aromatic rings. The SMILES string of the molecule is Cc1nn(C)c(Cn2cccc2C(N)=S)c1Br. The van der Waals surface area contributed by atoms with Crippen molar-refractivity contribution in [3.8, 4) is 0 Å². The van der Waals surface area contributed by atoms with Crippen LogP contribution >= 0.6 is 28.1 Å². The van der Waals surface area contributed by atoms with Crippen LogP contribution in [0.2, 0.25) is 0 Å². The summed E-state index contributed by atoms with van der Waals surface area (Å²) in [4.78, 5) is 0.407. The summed E-state index contributed by atoms with van der Waals surface area (Å²) in [6.07, 6.45) is 1.96. The molecule has 0 unspecified atom stereocenters. The van der Waals surface area contributed by atoms with Crippen LogP contribution in [0.3, 0.4) is 0 Å². The van der Waals surface area contributed by atoms with Crippen molar-refractivity contribution >= 4 is 33.1 Å². The quantitative estimate of drug-likeness (QED) is 0.882. The lowest BCUT2D eigenvalue weighted by Crippen LogP contribution is -2.16. The average molecular weight is 313 g/mol. The van der Waals surface area contributed by atoms with Crippen LogP contribution in [0.1, 0.15) is 17.1 Å². The van der Waals surface area contributed by atoms with Crippen molar-refractivity contribution in [2.75, 3.05) is 0 Å². The van der Waals surface area contributed by atoms with Crippen LogP contribution in [0.5, 0.6) is 0 Å². The highest BCUT2D eigenvalue weighted by Gasteiger charge is 2.12. The molecule has 0 atom stereocenters. The Bertz CT molecular complexity index is 570. The van der Waals surface area contributed by atoms with E-state index in [0.717, 1.165) is 21.6 Å². The summed E-state index contributed by atoms with van der Waals surface area (Å²) in [5.41, 5.74) is 8.61. The van der Waals surface area contributed by atoms with E-state index < -0.39 is 0 Å². The predicted molar refractivity (Wildman–Crippen MR) is 75.1 cm³/mol. The van der Waals surface area contributed by atoms with Gasteiger partial charge in [-0.3, -0.25) is 4.68 Å². The Morgan fingerprint density at radius 3 is 2.82 bits per heavy atom. The molecule has 0 aromatic carbocycles.